The summed E-state index contributed by atoms with van der Waals surface area (Å²) in [6.45, 7) is 4.65. The van der Waals surface area contributed by atoms with Crippen LogP contribution in [0.1, 0.15) is 50.7 Å². The SMILES string of the molecule is CC1(C)CCC2(CC1)Cc1ccc(-c3cncnc3)cc1C21C=C(F)C(N)=N1. The normalized spacial score (nSPS) is 27.0. The van der Waals surface area contributed by atoms with Crippen molar-refractivity contribution in [1.29, 1.82) is 0 Å². The summed E-state index contributed by atoms with van der Waals surface area (Å²) in [6, 6.07) is 6.43. The van der Waals surface area contributed by atoms with Gasteiger partial charge in [-0.2, -0.15) is 0 Å². The van der Waals surface area contributed by atoms with Gasteiger partial charge in [-0.3, -0.25) is 0 Å². The number of rotatable bonds is 1. The number of nitrogens with zero attached hydrogens (tertiary/aromatic N) is 3. The summed E-state index contributed by atoms with van der Waals surface area (Å²) >= 11 is 0. The van der Waals surface area contributed by atoms with Gasteiger partial charge in [0, 0.05) is 23.4 Å². The van der Waals surface area contributed by atoms with Crippen molar-refractivity contribution >= 4 is 5.84 Å². The Labute approximate surface area is 164 Å². The van der Waals surface area contributed by atoms with E-state index >= 15 is 0 Å². The highest BCUT2D eigenvalue weighted by atomic mass is 19.1. The van der Waals surface area contributed by atoms with Crippen molar-refractivity contribution in [3.63, 3.8) is 0 Å². The molecule has 144 valence electrons. The molecule has 28 heavy (non-hydrogen) atoms. The first kappa shape index (κ1) is 17.5. The van der Waals surface area contributed by atoms with Crippen molar-refractivity contribution < 1.29 is 4.39 Å². The standard InChI is InChI=1S/C23H25FN4/c1-21(2)5-7-22(8-6-21)10-16-4-3-15(17-12-26-14-27-13-17)9-18(16)23(22)11-19(24)20(25)28-23/h3-4,9,11-14H,5-8,10H2,1-2H3,(H2,25,28). The van der Waals surface area contributed by atoms with Crippen molar-refractivity contribution in [3.05, 3.63) is 59.9 Å². The Morgan fingerprint density at radius 2 is 1.71 bits per heavy atom. The molecule has 5 rings (SSSR count). The van der Waals surface area contributed by atoms with Gasteiger partial charge < -0.3 is 5.73 Å². The second-order valence-corrected chi connectivity index (χ2v) is 9.38. The third-order valence-electron chi connectivity index (χ3n) is 7.19. The van der Waals surface area contributed by atoms with Crippen LogP contribution in [-0.4, -0.2) is 15.8 Å². The summed E-state index contributed by atoms with van der Waals surface area (Å²) < 4.78 is 14.6. The number of aromatic nitrogens is 2. The van der Waals surface area contributed by atoms with Gasteiger partial charge in [-0.05, 0) is 66.4 Å². The van der Waals surface area contributed by atoms with Gasteiger partial charge in [0.15, 0.2) is 11.7 Å². The molecule has 0 saturated heterocycles. The summed E-state index contributed by atoms with van der Waals surface area (Å²) in [5.74, 6) is -0.351. The third-order valence-corrected chi connectivity index (χ3v) is 7.19. The van der Waals surface area contributed by atoms with Gasteiger partial charge in [-0.1, -0.05) is 26.0 Å². The summed E-state index contributed by atoms with van der Waals surface area (Å²) in [5.41, 5.74) is 9.81. The molecule has 2 spiro atoms. The van der Waals surface area contributed by atoms with E-state index in [0.717, 1.165) is 48.8 Å². The maximum atomic E-state index is 14.6. The molecular formula is C23H25FN4. The molecule has 0 radical (unpaired) electrons. The van der Waals surface area contributed by atoms with Crippen LogP contribution in [0, 0.1) is 10.8 Å². The van der Waals surface area contributed by atoms with E-state index in [1.54, 1.807) is 18.5 Å². The van der Waals surface area contributed by atoms with Crippen molar-refractivity contribution in [2.24, 2.45) is 21.6 Å². The number of halogens is 1. The minimum Gasteiger partial charge on any atom is -0.382 e. The zero-order valence-corrected chi connectivity index (χ0v) is 16.4. The van der Waals surface area contributed by atoms with Crippen LogP contribution >= 0.6 is 0 Å². The van der Waals surface area contributed by atoms with E-state index in [1.165, 1.54) is 11.9 Å². The minimum atomic E-state index is -0.696. The van der Waals surface area contributed by atoms with Crippen LogP contribution in [0.25, 0.3) is 11.1 Å². The Morgan fingerprint density at radius 3 is 2.36 bits per heavy atom. The smallest absolute Gasteiger partial charge is 0.163 e. The van der Waals surface area contributed by atoms with E-state index < -0.39 is 5.54 Å². The molecule has 2 heterocycles. The van der Waals surface area contributed by atoms with Gasteiger partial charge >= 0.3 is 0 Å². The average Bonchev–Trinajstić information content (AvgIpc) is 3.13. The first-order valence-electron chi connectivity index (χ1n) is 9.97. The topological polar surface area (TPSA) is 64.2 Å². The second-order valence-electron chi connectivity index (χ2n) is 9.38. The van der Waals surface area contributed by atoms with E-state index in [2.05, 4.69) is 42.0 Å². The van der Waals surface area contributed by atoms with Gasteiger partial charge in [0.2, 0.25) is 0 Å². The summed E-state index contributed by atoms with van der Waals surface area (Å²) in [7, 11) is 0. The first-order valence-corrected chi connectivity index (χ1v) is 9.97. The zero-order chi connectivity index (χ0) is 19.6. The number of hydrogen-bond donors (Lipinski definition) is 1. The quantitative estimate of drug-likeness (QED) is 0.784. The molecule has 5 heteroatoms. The van der Waals surface area contributed by atoms with Crippen molar-refractivity contribution in [2.45, 2.75) is 51.5 Å². The fourth-order valence-corrected chi connectivity index (χ4v) is 5.40. The van der Waals surface area contributed by atoms with E-state index in [9.17, 15) is 4.39 Å². The van der Waals surface area contributed by atoms with E-state index in [0.29, 0.717) is 5.41 Å². The summed E-state index contributed by atoms with van der Waals surface area (Å²) in [4.78, 5) is 13.1. The summed E-state index contributed by atoms with van der Waals surface area (Å²) in [5, 5.41) is 0. The predicted octanol–water partition coefficient (Wildman–Crippen LogP) is 4.71. The van der Waals surface area contributed by atoms with Crippen LogP contribution in [0.2, 0.25) is 0 Å². The molecule has 1 atom stereocenters. The Bertz CT molecular complexity index is 979. The lowest BCUT2D eigenvalue weighted by Crippen LogP contribution is -2.43. The average molecular weight is 376 g/mol. The highest BCUT2D eigenvalue weighted by Gasteiger charge is 2.60. The Balaban J connectivity index is 1.67. The van der Waals surface area contributed by atoms with Crippen molar-refractivity contribution in [3.8, 4) is 11.1 Å². The molecule has 4 nitrogen and oxygen atoms in total. The van der Waals surface area contributed by atoms with Gasteiger partial charge in [0.25, 0.3) is 0 Å². The second kappa shape index (κ2) is 5.72. The molecule has 1 aromatic heterocycles. The van der Waals surface area contributed by atoms with Crippen molar-refractivity contribution in [1.82, 2.24) is 9.97 Å². The van der Waals surface area contributed by atoms with Crippen LogP contribution in [0.15, 0.2) is 53.8 Å². The van der Waals surface area contributed by atoms with Crippen molar-refractivity contribution in [2.75, 3.05) is 0 Å². The lowest BCUT2D eigenvalue weighted by Gasteiger charge is -2.48. The highest BCUT2D eigenvalue weighted by Crippen LogP contribution is 2.64. The molecular weight excluding hydrogens is 351 g/mol. The molecule has 1 unspecified atom stereocenters. The molecule has 3 aliphatic rings. The number of nitrogens with two attached hydrogens (primary N) is 1. The van der Waals surface area contributed by atoms with Crippen LogP contribution in [0.3, 0.4) is 0 Å². The number of benzene rings is 1. The molecule has 2 aliphatic carbocycles. The highest BCUT2D eigenvalue weighted by molar-refractivity contribution is 5.98. The third kappa shape index (κ3) is 2.38. The number of fused-ring (bicyclic) bond motifs is 3. The van der Waals surface area contributed by atoms with Crippen LogP contribution in [0.5, 0.6) is 0 Å². The number of amidine groups is 1. The fourth-order valence-electron chi connectivity index (χ4n) is 5.40. The molecule has 2 N–H and O–H groups in total. The summed E-state index contributed by atoms with van der Waals surface area (Å²) in [6.07, 6.45) is 12.0. The Hall–Kier alpha value is -2.56. The van der Waals surface area contributed by atoms with Crippen LogP contribution < -0.4 is 5.73 Å². The maximum Gasteiger partial charge on any atom is 0.163 e. The predicted molar refractivity (Wildman–Crippen MR) is 108 cm³/mol. The Morgan fingerprint density at radius 1 is 1.00 bits per heavy atom. The lowest BCUT2D eigenvalue weighted by molar-refractivity contribution is 0.0587. The molecule has 1 saturated carbocycles. The van der Waals surface area contributed by atoms with Gasteiger partial charge in [0.05, 0.1) is 0 Å². The van der Waals surface area contributed by atoms with E-state index in [1.807, 2.05) is 0 Å². The minimum absolute atomic E-state index is 0.0329. The first-order chi connectivity index (χ1) is 13.3. The molecule has 1 fully saturated rings. The zero-order valence-electron chi connectivity index (χ0n) is 16.4. The number of aliphatic imine (C=N–C) groups is 1. The maximum absolute atomic E-state index is 14.6. The molecule has 1 aliphatic heterocycles. The lowest BCUT2D eigenvalue weighted by atomic mass is 9.57. The van der Waals surface area contributed by atoms with Crippen LogP contribution in [0.4, 0.5) is 4.39 Å². The molecule has 0 bridgehead atoms. The van der Waals surface area contributed by atoms with E-state index in [-0.39, 0.29) is 17.1 Å². The number of hydrogen-bond acceptors (Lipinski definition) is 4. The molecule has 1 aromatic carbocycles. The van der Waals surface area contributed by atoms with E-state index in [4.69, 9.17) is 10.7 Å². The molecule has 0 amide bonds. The monoisotopic (exact) mass is 376 g/mol. The molecule has 2 aromatic rings. The Kier molecular flexibility index (Phi) is 3.58. The largest absolute Gasteiger partial charge is 0.382 e. The van der Waals surface area contributed by atoms with Gasteiger partial charge in [-0.15, -0.1) is 0 Å². The van der Waals surface area contributed by atoms with Gasteiger partial charge in [-0.25, -0.2) is 19.4 Å². The fraction of sp³-hybridized carbons (Fsp3) is 0.435. The van der Waals surface area contributed by atoms with Crippen LogP contribution in [-0.2, 0) is 12.0 Å². The van der Waals surface area contributed by atoms with Gasteiger partial charge in [0.1, 0.15) is 11.9 Å².